The van der Waals surface area contributed by atoms with Gasteiger partial charge in [-0.1, -0.05) is 18.2 Å². The number of nitrogens with zero attached hydrogens (tertiary/aromatic N) is 1. The SMILES string of the molecule is O=C(CCNC(=O)c1ccoc1)NC[C@@H]1CCN(c2ccccc2)C1. The second kappa shape index (κ2) is 8.37. The Morgan fingerprint density at radius 1 is 1.16 bits per heavy atom. The molecule has 1 aromatic carbocycles. The van der Waals surface area contributed by atoms with Crippen molar-refractivity contribution in [2.24, 2.45) is 5.92 Å². The van der Waals surface area contributed by atoms with Crippen molar-refractivity contribution in [3.8, 4) is 0 Å². The van der Waals surface area contributed by atoms with E-state index in [-0.39, 0.29) is 18.2 Å². The lowest BCUT2D eigenvalue weighted by Gasteiger charge is -2.18. The first-order valence-corrected chi connectivity index (χ1v) is 8.59. The van der Waals surface area contributed by atoms with Gasteiger partial charge in [-0.15, -0.1) is 0 Å². The van der Waals surface area contributed by atoms with Crippen LogP contribution in [-0.2, 0) is 4.79 Å². The molecule has 3 rings (SSSR count). The first-order chi connectivity index (χ1) is 12.2. The number of hydrogen-bond acceptors (Lipinski definition) is 4. The number of para-hydroxylation sites is 1. The van der Waals surface area contributed by atoms with Crippen LogP contribution in [0, 0.1) is 5.92 Å². The number of carbonyl (C=O) groups excluding carboxylic acids is 2. The molecule has 2 aromatic rings. The van der Waals surface area contributed by atoms with Crippen molar-refractivity contribution in [3.05, 3.63) is 54.5 Å². The summed E-state index contributed by atoms with van der Waals surface area (Å²) in [4.78, 5) is 26.0. The molecule has 2 heterocycles. The summed E-state index contributed by atoms with van der Waals surface area (Å²) in [5, 5.41) is 5.67. The van der Waals surface area contributed by atoms with Gasteiger partial charge in [0.1, 0.15) is 6.26 Å². The third-order valence-electron chi connectivity index (χ3n) is 4.42. The summed E-state index contributed by atoms with van der Waals surface area (Å²) in [7, 11) is 0. The molecular formula is C19H23N3O3. The van der Waals surface area contributed by atoms with Crippen LogP contribution in [0.25, 0.3) is 0 Å². The van der Waals surface area contributed by atoms with Crippen LogP contribution >= 0.6 is 0 Å². The summed E-state index contributed by atoms with van der Waals surface area (Å²) < 4.78 is 4.86. The van der Waals surface area contributed by atoms with E-state index in [9.17, 15) is 9.59 Å². The van der Waals surface area contributed by atoms with Gasteiger partial charge in [-0.05, 0) is 30.5 Å². The summed E-state index contributed by atoms with van der Waals surface area (Å²) in [5.74, 6) is 0.200. The van der Waals surface area contributed by atoms with Gasteiger partial charge in [-0.3, -0.25) is 9.59 Å². The first-order valence-electron chi connectivity index (χ1n) is 8.59. The van der Waals surface area contributed by atoms with Crippen LogP contribution in [0.4, 0.5) is 5.69 Å². The van der Waals surface area contributed by atoms with Crippen molar-refractivity contribution in [3.63, 3.8) is 0 Å². The van der Waals surface area contributed by atoms with Crippen LogP contribution in [0.15, 0.2) is 53.3 Å². The van der Waals surface area contributed by atoms with E-state index in [1.165, 1.54) is 18.2 Å². The molecule has 1 aliphatic heterocycles. The second-order valence-electron chi connectivity index (χ2n) is 6.26. The van der Waals surface area contributed by atoms with Crippen molar-refractivity contribution < 1.29 is 14.0 Å². The number of amides is 2. The molecule has 0 spiro atoms. The minimum atomic E-state index is -0.226. The number of anilines is 1. The highest BCUT2D eigenvalue weighted by molar-refractivity contribution is 5.94. The Morgan fingerprint density at radius 3 is 2.76 bits per heavy atom. The van der Waals surface area contributed by atoms with E-state index >= 15 is 0 Å². The minimum absolute atomic E-state index is 0.0364. The number of rotatable bonds is 7. The molecule has 2 N–H and O–H groups in total. The molecule has 1 aromatic heterocycles. The van der Waals surface area contributed by atoms with Crippen LogP contribution in [0.5, 0.6) is 0 Å². The molecule has 1 aliphatic rings. The fourth-order valence-electron chi connectivity index (χ4n) is 3.00. The molecule has 2 amide bonds. The predicted molar refractivity (Wildman–Crippen MR) is 95.4 cm³/mol. The van der Waals surface area contributed by atoms with Gasteiger partial charge in [0.05, 0.1) is 11.8 Å². The predicted octanol–water partition coefficient (Wildman–Crippen LogP) is 2.04. The summed E-state index contributed by atoms with van der Waals surface area (Å²) in [5.41, 5.74) is 1.70. The van der Waals surface area contributed by atoms with Crippen molar-refractivity contribution in [1.29, 1.82) is 0 Å². The van der Waals surface area contributed by atoms with Crippen LogP contribution in [0.2, 0.25) is 0 Å². The molecular weight excluding hydrogens is 318 g/mol. The van der Waals surface area contributed by atoms with Crippen molar-refractivity contribution in [1.82, 2.24) is 10.6 Å². The average Bonchev–Trinajstić information content (AvgIpc) is 3.32. The molecule has 1 atom stereocenters. The van der Waals surface area contributed by atoms with Gasteiger partial charge in [0, 0.05) is 38.3 Å². The standard InChI is InChI=1S/C19H23N3O3/c23-18(6-9-20-19(24)16-8-11-25-14-16)21-12-15-7-10-22(13-15)17-4-2-1-3-5-17/h1-5,8,11,14-15H,6-7,9-10,12-13H2,(H,20,24)(H,21,23)/t15-/m0/s1. The van der Waals surface area contributed by atoms with Crippen LogP contribution in [0.1, 0.15) is 23.2 Å². The maximum atomic E-state index is 11.9. The Hall–Kier alpha value is -2.76. The van der Waals surface area contributed by atoms with Crippen molar-refractivity contribution in [2.45, 2.75) is 12.8 Å². The molecule has 1 fully saturated rings. The zero-order valence-electron chi connectivity index (χ0n) is 14.1. The van der Waals surface area contributed by atoms with E-state index in [1.807, 2.05) is 18.2 Å². The molecule has 132 valence electrons. The van der Waals surface area contributed by atoms with Gasteiger partial charge >= 0.3 is 0 Å². The lowest BCUT2D eigenvalue weighted by atomic mass is 10.1. The van der Waals surface area contributed by atoms with Gasteiger partial charge in [-0.2, -0.15) is 0 Å². The average molecular weight is 341 g/mol. The first kappa shape index (κ1) is 17.1. The van der Waals surface area contributed by atoms with Gasteiger partial charge < -0.3 is 20.0 Å². The van der Waals surface area contributed by atoms with E-state index in [4.69, 9.17) is 4.42 Å². The normalized spacial score (nSPS) is 16.6. The number of carbonyl (C=O) groups is 2. The Kier molecular flexibility index (Phi) is 5.72. The highest BCUT2D eigenvalue weighted by atomic mass is 16.3. The lowest BCUT2D eigenvalue weighted by molar-refractivity contribution is -0.121. The number of benzene rings is 1. The molecule has 1 saturated heterocycles. The molecule has 0 saturated carbocycles. The van der Waals surface area contributed by atoms with Crippen LogP contribution in [0.3, 0.4) is 0 Å². The number of nitrogens with one attached hydrogen (secondary N) is 2. The van der Waals surface area contributed by atoms with Gasteiger partial charge in [0.2, 0.25) is 5.91 Å². The highest BCUT2D eigenvalue weighted by Gasteiger charge is 2.22. The molecule has 0 unspecified atom stereocenters. The van der Waals surface area contributed by atoms with Crippen molar-refractivity contribution in [2.75, 3.05) is 31.1 Å². The fraction of sp³-hybridized carbons (Fsp3) is 0.368. The Bertz CT molecular complexity index is 685. The van der Waals surface area contributed by atoms with Crippen LogP contribution < -0.4 is 15.5 Å². The smallest absolute Gasteiger partial charge is 0.254 e. The van der Waals surface area contributed by atoms with Crippen molar-refractivity contribution >= 4 is 17.5 Å². The Balaban J connectivity index is 1.32. The third-order valence-corrected chi connectivity index (χ3v) is 4.42. The van der Waals surface area contributed by atoms with Gasteiger partial charge in [0.15, 0.2) is 0 Å². The molecule has 6 heteroatoms. The second-order valence-corrected chi connectivity index (χ2v) is 6.26. The molecule has 0 radical (unpaired) electrons. The summed E-state index contributed by atoms with van der Waals surface area (Å²) in [6.07, 6.45) is 4.18. The quantitative estimate of drug-likeness (QED) is 0.808. The van der Waals surface area contributed by atoms with E-state index in [0.29, 0.717) is 24.6 Å². The number of hydrogen-bond donors (Lipinski definition) is 2. The summed E-state index contributed by atoms with van der Waals surface area (Å²) in [6, 6.07) is 11.9. The highest BCUT2D eigenvalue weighted by Crippen LogP contribution is 2.22. The summed E-state index contributed by atoms with van der Waals surface area (Å²) >= 11 is 0. The zero-order valence-corrected chi connectivity index (χ0v) is 14.1. The fourth-order valence-corrected chi connectivity index (χ4v) is 3.00. The molecule has 0 aliphatic carbocycles. The molecule has 0 bridgehead atoms. The van der Waals surface area contributed by atoms with Crippen LogP contribution in [-0.4, -0.2) is 38.0 Å². The van der Waals surface area contributed by atoms with E-state index in [1.54, 1.807) is 6.07 Å². The van der Waals surface area contributed by atoms with E-state index in [2.05, 4.69) is 27.7 Å². The minimum Gasteiger partial charge on any atom is -0.472 e. The topological polar surface area (TPSA) is 74.6 Å². The third kappa shape index (κ3) is 4.86. The molecule has 25 heavy (non-hydrogen) atoms. The number of furan rings is 1. The Labute approximate surface area is 147 Å². The van der Waals surface area contributed by atoms with E-state index < -0.39 is 0 Å². The maximum absolute atomic E-state index is 11.9. The van der Waals surface area contributed by atoms with E-state index in [0.717, 1.165) is 19.5 Å². The summed E-state index contributed by atoms with van der Waals surface area (Å²) in [6.45, 7) is 2.97. The molecule has 6 nitrogen and oxygen atoms in total. The van der Waals surface area contributed by atoms with Gasteiger partial charge in [-0.25, -0.2) is 0 Å². The van der Waals surface area contributed by atoms with Gasteiger partial charge in [0.25, 0.3) is 5.91 Å². The largest absolute Gasteiger partial charge is 0.472 e. The zero-order chi connectivity index (χ0) is 17.5. The lowest BCUT2D eigenvalue weighted by Crippen LogP contribution is -2.34. The Morgan fingerprint density at radius 2 is 2.00 bits per heavy atom. The maximum Gasteiger partial charge on any atom is 0.254 e. The monoisotopic (exact) mass is 341 g/mol.